The minimum Gasteiger partial charge on any atom is -0.306 e. The Morgan fingerprint density at radius 1 is 1.33 bits per heavy atom. The second-order valence-electron chi connectivity index (χ2n) is 5.05. The highest BCUT2D eigenvalue weighted by atomic mass is 32.1. The van der Waals surface area contributed by atoms with Crippen LogP contribution in [0.4, 0.5) is 0 Å². The summed E-state index contributed by atoms with van der Waals surface area (Å²) in [5.41, 5.74) is 2.31. The Morgan fingerprint density at radius 3 is 2.95 bits per heavy atom. The average molecular weight is 318 g/mol. The van der Waals surface area contributed by atoms with Crippen LogP contribution in [0.25, 0.3) is 10.6 Å². The molecular weight excluding hydrogens is 300 g/mol. The van der Waals surface area contributed by atoms with Crippen LogP contribution in [0.5, 0.6) is 0 Å². The molecule has 110 valence electrons. The van der Waals surface area contributed by atoms with Gasteiger partial charge >= 0.3 is 0 Å². The van der Waals surface area contributed by atoms with E-state index in [1.54, 1.807) is 22.7 Å². The maximum absolute atomic E-state index is 4.69. The van der Waals surface area contributed by atoms with Crippen molar-refractivity contribution in [3.05, 3.63) is 46.4 Å². The number of thiazole rings is 1. The largest absolute Gasteiger partial charge is 0.306 e. The summed E-state index contributed by atoms with van der Waals surface area (Å²) in [6, 6.07) is 4.71. The molecule has 4 nitrogen and oxygen atoms in total. The molecule has 0 radical (unpaired) electrons. The molecule has 21 heavy (non-hydrogen) atoms. The van der Waals surface area contributed by atoms with Crippen LogP contribution in [-0.4, -0.2) is 20.8 Å². The number of rotatable bonds is 6. The summed E-state index contributed by atoms with van der Waals surface area (Å²) in [5, 5.41) is 15.3. The van der Waals surface area contributed by atoms with Gasteiger partial charge < -0.3 is 5.32 Å². The summed E-state index contributed by atoms with van der Waals surface area (Å²) < 4.78 is 1.98. The Bertz CT molecular complexity index is 658. The summed E-state index contributed by atoms with van der Waals surface area (Å²) in [7, 11) is 0. The van der Waals surface area contributed by atoms with E-state index in [9.17, 15) is 0 Å². The van der Waals surface area contributed by atoms with Crippen LogP contribution in [0, 0.1) is 0 Å². The van der Waals surface area contributed by atoms with Gasteiger partial charge in [0.1, 0.15) is 5.01 Å². The molecule has 3 heterocycles. The van der Waals surface area contributed by atoms with Crippen molar-refractivity contribution in [1.82, 2.24) is 20.1 Å². The van der Waals surface area contributed by atoms with Gasteiger partial charge in [0, 0.05) is 41.3 Å². The fourth-order valence-corrected chi connectivity index (χ4v) is 3.63. The first-order valence-corrected chi connectivity index (χ1v) is 8.76. The minimum absolute atomic E-state index is 0.315. The molecule has 3 aromatic heterocycles. The molecular formula is C15H18N4S2. The first-order valence-electron chi connectivity index (χ1n) is 6.93. The molecule has 0 aromatic carbocycles. The zero-order valence-electron chi connectivity index (χ0n) is 12.1. The predicted octanol–water partition coefficient (Wildman–Crippen LogP) is 3.81. The molecule has 0 amide bonds. The molecule has 0 aliphatic carbocycles. The van der Waals surface area contributed by atoms with E-state index in [-0.39, 0.29) is 0 Å². The normalized spacial score (nSPS) is 14.2. The third-order valence-electron chi connectivity index (χ3n) is 3.59. The first-order chi connectivity index (χ1) is 10.2. The topological polar surface area (TPSA) is 42.7 Å². The van der Waals surface area contributed by atoms with Gasteiger partial charge in [-0.25, -0.2) is 4.98 Å². The second-order valence-corrected chi connectivity index (χ2v) is 6.69. The van der Waals surface area contributed by atoms with E-state index in [4.69, 9.17) is 0 Å². The van der Waals surface area contributed by atoms with E-state index in [1.165, 1.54) is 5.56 Å². The lowest BCUT2D eigenvalue weighted by Crippen LogP contribution is -2.33. The Kier molecular flexibility index (Phi) is 4.48. The number of nitrogens with one attached hydrogen (secondary N) is 1. The highest BCUT2D eigenvalue weighted by Gasteiger charge is 2.14. The predicted molar refractivity (Wildman–Crippen MR) is 88.7 cm³/mol. The number of nitrogens with zero attached hydrogens (tertiary/aromatic N) is 3. The molecule has 0 aliphatic heterocycles. The van der Waals surface area contributed by atoms with Crippen molar-refractivity contribution in [2.45, 2.75) is 32.5 Å². The first kappa shape index (κ1) is 14.4. The standard InChI is InChI=1S/C15H18N4S2/c1-11(12(2)19-6-3-5-17-19)16-8-14-10-21-15(18-14)13-4-7-20-9-13/h3-7,9-12,16H,8H2,1-2H3/t11-,12+/m0/s1. The maximum Gasteiger partial charge on any atom is 0.124 e. The van der Waals surface area contributed by atoms with Gasteiger partial charge in [-0.15, -0.1) is 11.3 Å². The zero-order valence-corrected chi connectivity index (χ0v) is 13.7. The molecule has 0 saturated carbocycles. The molecule has 0 bridgehead atoms. The van der Waals surface area contributed by atoms with Crippen LogP contribution < -0.4 is 5.32 Å². The van der Waals surface area contributed by atoms with Crippen LogP contribution in [-0.2, 0) is 6.54 Å². The van der Waals surface area contributed by atoms with Gasteiger partial charge in [0.25, 0.3) is 0 Å². The average Bonchev–Trinajstić information content (AvgIpc) is 3.25. The Hall–Kier alpha value is -1.50. The van der Waals surface area contributed by atoms with Gasteiger partial charge in [0.2, 0.25) is 0 Å². The summed E-state index contributed by atoms with van der Waals surface area (Å²) >= 11 is 3.41. The van der Waals surface area contributed by atoms with Crippen LogP contribution in [0.15, 0.2) is 40.7 Å². The monoisotopic (exact) mass is 318 g/mol. The van der Waals surface area contributed by atoms with E-state index in [1.807, 2.05) is 23.1 Å². The number of hydrogen-bond acceptors (Lipinski definition) is 5. The van der Waals surface area contributed by atoms with Gasteiger partial charge in [-0.3, -0.25) is 4.68 Å². The smallest absolute Gasteiger partial charge is 0.124 e. The van der Waals surface area contributed by atoms with Crippen molar-refractivity contribution >= 4 is 22.7 Å². The van der Waals surface area contributed by atoms with E-state index in [2.05, 4.69) is 51.5 Å². The number of hydrogen-bond donors (Lipinski definition) is 1. The van der Waals surface area contributed by atoms with Crippen molar-refractivity contribution in [3.63, 3.8) is 0 Å². The molecule has 0 saturated heterocycles. The van der Waals surface area contributed by atoms with Gasteiger partial charge in [0.05, 0.1) is 11.7 Å². The molecule has 0 fully saturated rings. The van der Waals surface area contributed by atoms with E-state index in [0.29, 0.717) is 12.1 Å². The zero-order chi connectivity index (χ0) is 14.7. The minimum atomic E-state index is 0.315. The van der Waals surface area contributed by atoms with Gasteiger partial charge in [-0.1, -0.05) is 0 Å². The van der Waals surface area contributed by atoms with Gasteiger partial charge in [-0.2, -0.15) is 16.4 Å². The highest BCUT2D eigenvalue weighted by Crippen LogP contribution is 2.25. The third kappa shape index (κ3) is 3.40. The summed E-state index contributed by atoms with van der Waals surface area (Å²) in [6.07, 6.45) is 3.82. The fourth-order valence-electron chi connectivity index (χ4n) is 2.09. The Labute approximate surface area is 132 Å². The lowest BCUT2D eigenvalue weighted by Gasteiger charge is -2.21. The number of aromatic nitrogens is 3. The maximum atomic E-state index is 4.69. The van der Waals surface area contributed by atoms with Crippen LogP contribution in [0.1, 0.15) is 25.6 Å². The Morgan fingerprint density at radius 2 is 2.24 bits per heavy atom. The lowest BCUT2D eigenvalue weighted by molar-refractivity contribution is 0.364. The van der Waals surface area contributed by atoms with Crippen molar-refractivity contribution in [2.75, 3.05) is 0 Å². The van der Waals surface area contributed by atoms with Crippen molar-refractivity contribution in [3.8, 4) is 10.6 Å². The van der Waals surface area contributed by atoms with Crippen molar-refractivity contribution in [1.29, 1.82) is 0 Å². The van der Waals surface area contributed by atoms with Crippen LogP contribution in [0.3, 0.4) is 0 Å². The quantitative estimate of drug-likeness (QED) is 0.751. The van der Waals surface area contributed by atoms with Crippen molar-refractivity contribution in [2.24, 2.45) is 0 Å². The van der Waals surface area contributed by atoms with E-state index in [0.717, 1.165) is 17.2 Å². The molecule has 0 unspecified atom stereocenters. The third-order valence-corrected chi connectivity index (χ3v) is 5.21. The molecule has 2 atom stereocenters. The molecule has 0 spiro atoms. The van der Waals surface area contributed by atoms with Gasteiger partial charge in [-0.05, 0) is 31.4 Å². The lowest BCUT2D eigenvalue weighted by atomic mass is 10.2. The van der Waals surface area contributed by atoms with Crippen LogP contribution in [0.2, 0.25) is 0 Å². The summed E-state index contributed by atoms with van der Waals surface area (Å²) in [5.74, 6) is 0. The fraction of sp³-hybridized carbons (Fsp3) is 0.333. The second kappa shape index (κ2) is 6.51. The molecule has 0 aliphatic rings. The highest BCUT2D eigenvalue weighted by molar-refractivity contribution is 7.14. The summed E-state index contributed by atoms with van der Waals surface area (Å²) in [4.78, 5) is 4.69. The molecule has 3 rings (SSSR count). The number of thiophene rings is 1. The van der Waals surface area contributed by atoms with E-state index < -0.39 is 0 Å². The van der Waals surface area contributed by atoms with Crippen molar-refractivity contribution < 1.29 is 0 Å². The molecule has 1 N–H and O–H groups in total. The van der Waals surface area contributed by atoms with Gasteiger partial charge in [0.15, 0.2) is 0 Å². The van der Waals surface area contributed by atoms with Crippen LogP contribution >= 0.6 is 22.7 Å². The molecule has 6 heteroatoms. The van der Waals surface area contributed by atoms with E-state index >= 15 is 0 Å². The Balaban J connectivity index is 1.58. The SMILES string of the molecule is C[C@H](NCc1csc(-c2ccsc2)n1)[C@@H](C)n1cccn1. The summed E-state index contributed by atoms with van der Waals surface area (Å²) in [6.45, 7) is 5.13. The molecule has 3 aromatic rings.